The molecule has 7 aromatic heterocycles. The summed E-state index contributed by atoms with van der Waals surface area (Å²) < 4.78 is 57.7. The minimum atomic E-state index is -1.24. The highest BCUT2D eigenvalue weighted by Crippen LogP contribution is 2.31. The molecule has 2 N–H and O–H groups in total. The molecule has 1 fully saturated rings. The van der Waals surface area contributed by atoms with E-state index in [1.165, 1.54) is 24.3 Å². The van der Waals surface area contributed by atoms with E-state index in [1.807, 2.05) is 24.5 Å². The highest BCUT2D eigenvalue weighted by atomic mass is 28.3. The van der Waals surface area contributed by atoms with Crippen molar-refractivity contribution in [2.45, 2.75) is 110 Å². The van der Waals surface area contributed by atoms with E-state index in [9.17, 15) is 18.4 Å². The van der Waals surface area contributed by atoms with Gasteiger partial charge in [-0.2, -0.15) is 10.2 Å². The summed E-state index contributed by atoms with van der Waals surface area (Å²) in [5, 5.41) is 16.7. The van der Waals surface area contributed by atoms with Gasteiger partial charge in [0.05, 0.1) is 59.0 Å². The van der Waals surface area contributed by atoms with Crippen LogP contribution < -0.4 is 10.6 Å². The Labute approximate surface area is 441 Å². The molecule has 8 heterocycles. The summed E-state index contributed by atoms with van der Waals surface area (Å²) in [6.07, 6.45) is 10.2. The molecule has 22 heteroatoms. The number of aryl methyl sites for hydroxylation is 2. The summed E-state index contributed by atoms with van der Waals surface area (Å²) in [5.41, 5.74) is 6.20. The van der Waals surface area contributed by atoms with Crippen LogP contribution in [0.1, 0.15) is 59.2 Å². The molecule has 9 aromatic rings. The van der Waals surface area contributed by atoms with E-state index in [-0.39, 0.29) is 55.1 Å². The molecule has 1 unspecified atom stereocenters. The van der Waals surface area contributed by atoms with Crippen molar-refractivity contribution in [3.8, 4) is 22.8 Å². The maximum atomic E-state index is 13.9. The normalized spacial score (nSPS) is 14.9. The highest BCUT2D eigenvalue weighted by Gasteiger charge is 2.28. The van der Waals surface area contributed by atoms with Gasteiger partial charge in [0.25, 0.3) is 11.8 Å². The Hall–Kier alpha value is -6.99. The second kappa shape index (κ2) is 22.3. The van der Waals surface area contributed by atoms with Crippen LogP contribution >= 0.6 is 0 Å². The molecule has 1 aliphatic rings. The van der Waals surface area contributed by atoms with Crippen LogP contribution in [-0.4, -0.2) is 109 Å². The molecule has 18 nitrogen and oxygen atoms in total. The summed E-state index contributed by atoms with van der Waals surface area (Å²) in [5.74, 6) is -0.573. The molecular formula is C54H66F2N12O6Si2. The number of halogens is 2. The molecule has 0 saturated carbocycles. The fourth-order valence-corrected chi connectivity index (χ4v) is 10.6. The number of hydrogen-bond donors (Lipinski definition) is 2. The first-order valence-corrected chi connectivity index (χ1v) is 33.0. The molecule has 0 aliphatic carbocycles. The molecule has 0 bridgehead atoms. The highest BCUT2D eigenvalue weighted by molar-refractivity contribution is 6.76. The predicted molar refractivity (Wildman–Crippen MR) is 293 cm³/mol. The van der Waals surface area contributed by atoms with E-state index in [0.717, 1.165) is 42.3 Å². The van der Waals surface area contributed by atoms with Crippen molar-refractivity contribution < 1.29 is 37.0 Å². The Bertz CT molecular complexity index is 3540. The van der Waals surface area contributed by atoms with Crippen molar-refractivity contribution in [3.05, 3.63) is 108 Å². The van der Waals surface area contributed by atoms with Gasteiger partial charge in [-0.15, -0.1) is 0 Å². The van der Waals surface area contributed by atoms with Gasteiger partial charge in [0.1, 0.15) is 64.7 Å². The summed E-state index contributed by atoms with van der Waals surface area (Å²) >= 11 is 0. The molecule has 400 valence electrons. The summed E-state index contributed by atoms with van der Waals surface area (Å²) in [6, 6.07) is 14.2. The average molecular weight is 1070 g/mol. The van der Waals surface area contributed by atoms with Gasteiger partial charge in [-0.05, 0) is 87.3 Å². The molecule has 1 aliphatic heterocycles. The fourth-order valence-electron chi connectivity index (χ4n) is 9.04. The van der Waals surface area contributed by atoms with Gasteiger partial charge in [0.15, 0.2) is 11.3 Å². The number of amides is 2. The Morgan fingerprint density at radius 2 is 1.24 bits per heavy atom. The van der Waals surface area contributed by atoms with Crippen LogP contribution in [0.2, 0.25) is 51.4 Å². The first kappa shape index (κ1) is 53.8. The van der Waals surface area contributed by atoms with Crippen molar-refractivity contribution in [1.82, 2.24) is 59.3 Å². The first-order chi connectivity index (χ1) is 36.2. The smallest absolute Gasteiger partial charge is 0.255 e. The van der Waals surface area contributed by atoms with E-state index in [2.05, 4.69) is 70.1 Å². The van der Waals surface area contributed by atoms with Crippen LogP contribution in [0.4, 0.5) is 8.78 Å². The molecule has 0 spiro atoms. The third-order valence-electron chi connectivity index (χ3n) is 13.4. The van der Waals surface area contributed by atoms with E-state index in [0.29, 0.717) is 86.2 Å². The lowest BCUT2D eigenvalue weighted by molar-refractivity contribution is 0.0711. The predicted octanol–water partition coefficient (Wildman–Crippen LogP) is 10.3. The number of rotatable bonds is 18. The zero-order valence-corrected chi connectivity index (χ0v) is 46.8. The quantitative estimate of drug-likeness (QED) is 0.0610. The number of aromatic nitrogens is 10. The number of hydrogen-bond acceptors (Lipinski definition) is 12. The lowest BCUT2D eigenvalue weighted by atomic mass is 10.1. The van der Waals surface area contributed by atoms with Gasteiger partial charge in [-0.25, -0.2) is 28.7 Å². The number of carbonyl (C=O) groups is 2. The number of furan rings is 1. The lowest BCUT2D eigenvalue weighted by Crippen LogP contribution is -2.40. The number of fused-ring (bicyclic) bond motifs is 4. The SMILES string of the molecule is C[C@@H](NC(=O)c1cn(COCC[Si](C)(C)C)c2ncc(-c3nn(C)c4cc(F)ccc34)nc12)C1CCCO1.C[C@@H](NC(=O)c1cn(COCC[Si](C)(C)C)c2ncc(-c3nn(C)c4cc(F)ccc34)nc12)c1ccco1. The molecule has 10 rings (SSSR count). The van der Waals surface area contributed by atoms with Crippen molar-refractivity contribution >= 4 is 72.1 Å². The Morgan fingerprint density at radius 3 is 1.68 bits per heavy atom. The summed E-state index contributed by atoms with van der Waals surface area (Å²) in [4.78, 5) is 45.9. The zero-order valence-electron chi connectivity index (χ0n) is 44.8. The number of nitrogens with zero attached hydrogens (tertiary/aromatic N) is 10. The first-order valence-electron chi connectivity index (χ1n) is 25.6. The third kappa shape index (κ3) is 12.2. The van der Waals surface area contributed by atoms with Gasteiger partial charge >= 0.3 is 0 Å². The molecule has 76 heavy (non-hydrogen) atoms. The summed E-state index contributed by atoms with van der Waals surface area (Å²) in [7, 11) is 1.03. The molecular weight excluding hydrogens is 1010 g/mol. The van der Waals surface area contributed by atoms with Gasteiger partial charge in [0.2, 0.25) is 0 Å². The van der Waals surface area contributed by atoms with E-state index in [1.54, 1.807) is 77.3 Å². The lowest BCUT2D eigenvalue weighted by Gasteiger charge is -2.19. The van der Waals surface area contributed by atoms with E-state index >= 15 is 0 Å². The topological polar surface area (TPSA) is 196 Å². The van der Waals surface area contributed by atoms with Crippen LogP contribution in [0.25, 0.3) is 66.9 Å². The Kier molecular flexibility index (Phi) is 15.8. The van der Waals surface area contributed by atoms with Crippen LogP contribution in [0.15, 0.2) is 84.0 Å². The second-order valence-electron chi connectivity index (χ2n) is 21.9. The van der Waals surface area contributed by atoms with Crippen LogP contribution in [0, 0.1) is 11.6 Å². The van der Waals surface area contributed by atoms with Crippen molar-refractivity contribution in [2.24, 2.45) is 14.1 Å². The maximum Gasteiger partial charge on any atom is 0.255 e. The van der Waals surface area contributed by atoms with Crippen molar-refractivity contribution in [3.63, 3.8) is 0 Å². The monoisotopic (exact) mass is 1070 g/mol. The maximum absolute atomic E-state index is 13.9. The number of nitrogens with one attached hydrogen (secondary N) is 2. The molecule has 2 aromatic carbocycles. The van der Waals surface area contributed by atoms with Crippen molar-refractivity contribution in [1.29, 1.82) is 0 Å². The Morgan fingerprint density at radius 1 is 0.737 bits per heavy atom. The van der Waals surface area contributed by atoms with Gasteiger partial charge in [-0.3, -0.25) is 19.0 Å². The zero-order chi connectivity index (χ0) is 54.1. The molecule has 2 amide bonds. The summed E-state index contributed by atoms with van der Waals surface area (Å²) in [6.45, 7) is 20.2. The average Bonchev–Trinajstić information content (AvgIpc) is 4.25. The molecule has 0 radical (unpaired) electrons. The minimum absolute atomic E-state index is 0.000813. The molecule has 1 saturated heterocycles. The van der Waals surface area contributed by atoms with Crippen molar-refractivity contribution in [2.75, 3.05) is 19.8 Å². The van der Waals surface area contributed by atoms with E-state index < -0.39 is 16.1 Å². The van der Waals surface area contributed by atoms with Gasteiger partial charge in [-0.1, -0.05) is 39.3 Å². The standard InChI is InChI=1S/C27H35FN6O3Si.C27H31FN6O3Si/c2*1-17(23-7-6-10-37-23)30-27(35)20-15-34(16-36-11-12-38(3,4)5)26-25(20)31-21(14-29-26)24-19-9-8-18(28)13-22(19)33(2)32-24/h8-9,13-15,17,23H,6-7,10-12,16H2,1-5H3,(H,30,35);6-10,13-15,17H,11-12,16H2,1-5H3,(H,30,35)/t17-,23?;17-/m11/s1. The number of carbonyl (C=O) groups excluding carboxylic acids is 2. The molecule has 3 atom stereocenters. The third-order valence-corrected chi connectivity index (χ3v) is 16.8. The Balaban J connectivity index is 0.000000186. The number of ether oxygens (including phenoxy) is 3. The van der Waals surface area contributed by atoms with Gasteiger partial charge in [0, 0.05) is 73.2 Å². The van der Waals surface area contributed by atoms with Crippen LogP contribution in [0.3, 0.4) is 0 Å². The minimum Gasteiger partial charge on any atom is -0.467 e. The van der Waals surface area contributed by atoms with Gasteiger partial charge < -0.3 is 38.4 Å². The van der Waals surface area contributed by atoms with Crippen LogP contribution in [0.5, 0.6) is 0 Å². The fraction of sp³-hybridized carbons (Fsp3) is 0.407. The number of benzene rings is 2. The largest absolute Gasteiger partial charge is 0.467 e. The van der Waals surface area contributed by atoms with E-state index in [4.69, 9.17) is 28.6 Å². The van der Waals surface area contributed by atoms with Crippen LogP contribution in [-0.2, 0) is 41.8 Å². The second-order valence-corrected chi connectivity index (χ2v) is 33.1.